The van der Waals surface area contributed by atoms with Crippen LogP contribution in [-0.4, -0.2) is 43.5 Å². The van der Waals surface area contributed by atoms with Crippen LogP contribution in [0.5, 0.6) is 0 Å². The highest BCUT2D eigenvalue weighted by molar-refractivity contribution is 6.40. The third kappa shape index (κ3) is 5.07. The highest BCUT2D eigenvalue weighted by Gasteiger charge is 2.36. The molecule has 0 fully saturated rings. The second-order valence-electron chi connectivity index (χ2n) is 10.1. The molecule has 1 aliphatic rings. The third-order valence-corrected chi connectivity index (χ3v) is 8.35. The standard InChI is InChI=1S/C36H39ClN3/c1-6-39(7-2)28-21-19-26(20-22-28)34(30-24-23-29(25-32(30)37)40(8-3)9-4)35-31-17-13-14-18-33(31)38(5)36(35)27-15-11-10-12-16-27/h10-25H,6-9H2,1-5H3/q+1. The van der Waals surface area contributed by atoms with Crippen LogP contribution >= 0.6 is 11.6 Å². The number of anilines is 2. The van der Waals surface area contributed by atoms with Gasteiger partial charge in [-0.25, -0.2) is 0 Å². The van der Waals surface area contributed by atoms with Gasteiger partial charge in [0.25, 0.3) is 0 Å². The molecule has 0 saturated heterocycles. The van der Waals surface area contributed by atoms with Crippen LogP contribution in [0.25, 0.3) is 11.1 Å². The van der Waals surface area contributed by atoms with Crippen LogP contribution < -0.4 is 9.80 Å². The molecule has 1 heterocycles. The monoisotopic (exact) mass is 548 g/mol. The molecular formula is C36H39ClN3+. The van der Waals surface area contributed by atoms with E-state index in [1.54, 1.807) is 0 Å². The molecule has 0 aromatic heterocycles. The predicted molar refractivity (Wildman–Crippen MR) is 174 cm³/mol. The van der Waals surface area contributed by atoms with Crippen molar-refractivity contribution in [1.29, 1.82) is 0 Å². The van der Waals surface area contributed by atoms with E-state index >= 15 is 0 Å². The Morgan fingerprint density at radius 2 is 1.25 bits per heavy atom. The van der Waals surface area contributed by atoms with Crippen LogP contribution in [0, 0.1) is 0 Å². The molecule has 40 heavy (non-hydrogen) atoms. The molecular weight excluding hydrogens is 510 g/mol. The number of allylic oxidation sites excluding steroid dienone is 1. The zero-order valence-electron chi connectivity index (χ0n) is 24.3. The van der Waals surface area contributed by atoms with Gasteiger partial charge in [0, 0.05) is 60.3 Å². The molecule has 4 aromatic rings. The average molecular weight is 549 g/mol. The minimum atomic E-state index is 0.763. The summed E-state index contributed by atoms with van der Waals surface area (Å²) in [6, 6.07) is 34.9. The van der Waals surface area contributed by atoms with Crippen LogP contribution in [0.3, 0.4) is 0 Å². The molecule has 0 aliphatic carbocycles. The first-order valence-corrected chi connectivity index (χ1v) is 14.8. The fourth-order valence-corrected chi connectivity index (χ4v) is 6.20. The molecule has 5 rings (SSSR count). The molecule has 0 saturated carbocycles. The normalized spacial score (nSPS) is 13.8. The van der Waals surface area contributed by atoms with Crippen molar-refractivity contribution in [1.82, 2.24) is 0 Å². The van der Waals surface area contributed by atoms with Crippen LogP contribution in [0.2, 0.25) is 5.02 Å². The van der Waals surface area contributed by atoms with E-state index in [9.17, 15) is 0 Å². The lowest BCUT2D eigenvalue weighted by Crippen LogP contribution is -2.21. The van der Waals surface area contributed by atoms with Gasteiger partial charge >= 0.3 is 0 Å². The first-order chi connectivity index (χ1) is 19.5. The Morgan fingerprint density at radius 3 is 1.88 bits per heavy atom. The zero-order valence-corrected chi connectivity index (χ0v) is 25.0. The highest BCUT2D eigenvalue weighted by atomic mass is 35.5. The van der Waals surface area contributed by atoms with Crippen molar-refractivity contribution in [2.45, 2.75) is 27.7 Å². The molecule has 4 aromatic carbocycles. The Labute approximate surface area is 244 Å². The van der Waals surface area contributed by atoms with E-state index in [2.05, 4.69) is 146 Å². The second kappa shape index (κ2) is 12.1. The molecule has 204 valence electrons. The first kappa shape index (κ1) is 27.7. The van der Waals surface area contributed by atoms with E-state index in [1.807, 2.05) is 0 Å². The van der Waals surface area contributed by atoms with Gasteiger partial charge in [0.15, 0.2) is 0 Å². The lowest BCUT2D eigenvalue weighted by Gasteiger charge is -2.23. The van der Waals surface area contributed by atoms with Gasteiger partial charge in [-0.05, 0) is 75.7 Å². The maximum atomic E-state index is 7.20. The number of para-hydroxylation sites is 1. The van der Waals surface area contributed by atoms with Crippen LogP contribution in [0.1, 0.15) is 49.9 Å². The quantitative estimate of drug-likeness (QED) is 0.193. The van der Waals surface area contributed by atoms with Crippen molar-refractivity contribution in [3.8, 4) is 0 Å². The van der Waals surface area contributed by atoms with Gasteiger partial charge in [-0.3, -0.25) is 0 Å². The fraction of sp³-hybridized carbons (Fsp3) is 0.250. The highest BCUT2D eigenvalue weighted by Crippen LogP contribution is 2.44. The second-order valence-corrected chi connectivity index (χ2v) is 10.5. The summed E-state index contributed by atoms with van der Waals surface area (Å²) in [4.78, 5) is 4.71. The Kier molecular flexibility index (Phi) is 8.42. The molecule has 0 amide bonds. The number of rotatable bonds is 9. The van der Waals surface area contributed by atoms with E-state index in [0.717, 1.165) is 53.6 Å². The molecule has 1 aliphatic heterocycles. The van der Waals surface area contributed by atoms with Gasteiger partial charge < -0.3 is 9.80 Å². The Hall–Kier alpha value is -3.82. The summed E-state index contributed by atoms with van der Waals surface area (Å²) in [7, 11) is 2.17. The van der Waals surface area contributed by atoms with Crippen molar-refractivity contribution in [3.63, 3.8) is 0 Å². The van der Waals surface area contributed by atoms with E-state index in [-0.39, 0.29) is 0 Å². The number of nitrogens with zero attached hydrogens (tertiary/aromatic N) is 3. The van der Waals surface area contributed by atoms with Gasteiger partial charge in [-0.1, -0.05) is 60.1 Å². The predicted octanol–water partition coefficient (Wildman–Crippen LogP) is 8.77. The van der Waals surface area contributed by atoms with E-state index < -0.39 is 0 Å². The molecule has 3 nitrogen and oxygen atoms in total. The van der Waals surface area contributed by atoms with Crippen molar-refractivity contribution in [2.24, 2.45) is 0 Å². The molecule has 0 atom stereocenters. The molecule has 0 bridgehead atoms. The Morgan fingerprint density at radius 1 is 0.675 bits per heavy atom. The smallest absolute Gasteiger partial charge is 0.221 e. The molecule has 4 heteroatoms. The van der Waals surface area contributed by atoms with Crippen molar-refractivity contribution in [2.75, 3.05) is 43.0 Å². The topological polar surface area (TPSA) is 9.49 Å². The minimum absolute atomic E-state index is 0.763. The summed E-state index contributed by atoms with van der Waals surface area (Å²) in [6.45, 7) is 12.6. The number of halogens is 1. The maximum absolute atomic E-state index is 7.20. The van der Waals surface area contributed by atoms with Crippen LogP contribution in [0.15, 0.2) is 97.1 Å². The minimum Gasteiger partial charge on any atom is -0.372 e. The van der Waals surface area contributed by atoms with Gasteiger partial charge in [0.05, 0.1) is 16.2 Å². The van der Waals surface area contributed by atoms with E-state index in [0.29, 0.717) is 0 Å². The summed E-state index contributed by atoms with van der Waals surface area (Å²) < 4.78 is 2.32. The van der Waals surface area contributed by atoms with Crippen molar-refractivity contribution in [3.05, 3.63) is 124 Å². The summed E-state index contributed by atoms with van der Waals surface area (Å²) >= 11 is 7.20. The van der Waals surface area contributed by atoms with Gasteiger partial charge in [-0.2, -0.15) is 4.58 Å². The average Bonchev–Trinajstić information content (AvgIpc) is 3.28. The SMILES string of the molecule is CCN(CC)c1ccc(/C(=C2\C(c3ccccc3)=[N+](C)c3ccccc32)c2ccc(N(CC)CC)cc2Cl)cc1. The fourth-order valence-electron chi connectivity index (χ4n) is 5.93. The van der Waals surface area contributed by atoms with Crippen LogP contribution in [0.4, 0.5) is 17.1 Å². The zero-order chi connectivity index (χ0) is 28.2. The Bertz CT molecular complexity index is 1540. The number of benzene rings is 4. The lowest BCUT2D eigenvalue weighted by atomic mass is 9.86. The summed E-state index contributed by atoms with van der Waals surface area (Å²) in [5.41, 5.74) is 11.7. The number of fused-ring (bicyclic) bond motifs is 1. The lowest BCUT2D eigenvalue weighted by molar-refractivity contribution is -0.400. The summed E-state index contributed by atoms with van der Waals surface area (Å²) in [5.74, 6) is 0. The summed E-state index contributed by atoms with van der Waals surface area (Å²) in [5, 5.41) is 0.763. The van der Waals surface area contributed by atoms with E-state index in [1.165, 1.54) is 33.8 Å². The van der Waals surface area contributed by atoms with Gasteiger partial charge in [0.2, 0.25) is 11.4 Å². The molecule has 0 spiro atoms. The van der Waals surface area contributed by atoms with Gasteiger partial charge in [-0.15, -0.1) is 0 Å². The summed E-state index contributed by atoms with van der Waals surface area (Å²) in [6.07, 6.45) is 0. The number of hydrogen-bond donors (Lipinski definition) is 0. The first-order valence-electron chi connectivity index (χ1n) is 14.4. The van der Waals surface area contributed by atoms with E-state index in [4.69, 9.17) is 11.6 Å². The largest absolute Gasteiger partial charge is 0.372 e. The van der Waals surface area contributed by atoms with Crippen molar-refractivity contribution >= 4 is 45.5 Å². The third-order valence-electron chi connectivity index (χ3n) is 8.04. The maximum Gasteiger partial charge on any atom is 0.221 e. The van der Waals surface area contributed by atoms with Crippen LogP contribution in [-0.2, 0) is 0 Å². The Balaban J connectivity index is 1.82. The van der Waals surface area contributed by atoms with Crippen molar-refractivity contribution < 1.29 is 4.58 Å². The number of hydrogen-bond acceptors (Lipinski definition) is 2. The molecule has 0 unspecified atom stereocenters. The molecule has 0 radical (unpaired) electrons. The molecule has 0 N–H and O–H groups in total. The van der Waals surface area contributed by atoms with Gasteiger partial charge in [0.1, 0.15) is 7.05 Å².